The number of piperidine rings is 1. The number of rotatable bonds is 7. The van der Waals surface area contributed by atoms with Crippen molar-refractivity contribution in [1.29, 1.82) is 0 Å². The van der Waals surface area contributed by atoms with Crippen LogP contribution in [0.3, 0.4) is 0 Å². The van der Waals surface area contributed by atoms with E-state index in [0.717, 1.165) is 18.6 Å². The maximum Gasteiger partial charge on any atom is 0.423 e. The molecule has 0 unspecified atom stereocenters. The molecule has 4 rings (SSSR count). The molecule has 2 atom stereocenters. The fourth-order valence-corrected chi connectivity index (χ4v) is 4.98. The number of nitrogens with one attached hydrogen (secondary N) is 2. The number of aromatic nitrogens is 4. The van der Waals surface area contributed by atoms with Crippen molar-refractivity contribution in [3.63, 3.8) is 0 Å². The molecular formula is C23H27F6N7O2. The summed E-state index contributed by atoms with van der Waals surface area (Å²) in [5.74, 6) is -0.0435. The topological polar surface area (TPSA) is 107 Å². The third-order valence-corrected chi connectivity index (χ3v) is 6.99. The third-order valence-electron chi connectivity index (χ3n) is 6.99. The van der Waals surface area contributed by atoms with E-state index in [4.69, 9.17) is 0 Å². The quantitative estimate of drug-likeness (QED) is 0.509. The number of carbonyl (C=O) groups is 1. The fraction of sp³-hybridized carbons (Fsp3) is 0.609. The molecule has 2 aromatic heterocycles. The van der Waals surface area contributed by atoms with Crippen molar-refractivity contribution in [3.05, 3.63) is 40.1 Å². The lowest BCUT2D eigenvalue weighted by Gasteiger charge is -2.37. The van der Waals surface area contributed by atoms with Crippen molar-refractivity contribution >= 4 is 17.5 Å². The Labute approximate surface area is 213 Å². The largest absolute Gasteiger partial charge is 0.423 e. The summed E-state index contributed by atoms with van der Waals surface area (Å²) in [7, 11) is 0. The van der Waals surface area contributed by atoms with E-state index < -0.39 is 40.8 Å². The smallest absolute Gasteiger partial charge is 0.381 e. The Kier molecular flexibility index (Phi) is 7.83. The zero-order valence-corrected chi connectivity index (χ0v) is 20.4. The number of likely N-dealkylation sites (tertiary alicyclic amines) is 1. The first-order chi connectivity index (χ1) is 17.8. The minimum Gasteiger partial charge on any atom is -0.381 e. The highest BCUT2D eigenvalue weighted by atomic mass is 19.4. The van der Waals surface area contributed by atoms with Gasteiger partial charge < -0.3 is 15.1 Å². The number of aromatic amines is 1. The number of anilines is 2. The molecule has 2 fully saturated rings. The van der Waals surface area contributed by atoms with Crippen LogP contribution in [0, 0.1) is 5.92 Å². The van der Waals surface area contributed by atoms with Crippen LogP contribution in [0.5, 0.6) is 0 Å². The van der Waals surface area contributed by atoms with E-state index in [1.54, 1.807) is 16.9 Å². The monoisotopic (exact) mass is 547 g/mol. The summed E-state index contributed by atoms with van der Waals surface area (Å²) in [5.41, 5.74) is -3.98. The highest BCUT2D eigenvalue weighted by Crippen LogP contribution is 2.33. The molecule has 1 amide bonds. The number of H-pyrrole nitrogens is 1. The first-order valence-corrected chi connectivity index (χ1v) is 12.2. The second-order valence-corrected chi connectivity index (χ2v) is 9.61. The predicted molar refractivity (Wildman–Crippen MR) is 124 cm³/mol. The number of alkyl halides is 6. The summed E-state index contributed by atoms with van der Waals surface area (Å²) in [4.78, 5) is 36.0. The second-order valence-electron chi connectivity index (χ2n) is 9.61. The Morgan fingerprint density at radius 1 is 1.00 bits per heavy atom. The van der Waals surface area contributed by atoms with Crippen molar-refractivity contribution < 1.29 is 31.1 Å². The van der Waals surface area contributed by atoms with Gasteiger partial charge in [0.05, 0.1) is 17.4 Å². The molecule has 0 spiro atoms. The van der Waals surface area contributed by atoms with E-state index in [1.165, 1.54) is 0 Å². The van der Waals surface area contributed by atoms with Gasteiger partial charge >= 0.3 is 12.4 Å². The van der Waals surface area contributed by atoms with Crippen LogP contribution in [-0.4, -0.2) is 62.7 Å². The summed E-state index contributed by atoms with van der Waals surface area (Å²) in [6.45, 7) is 3.25. The van der Waals surface area contributed by atoms with Crippen LogP contribution in [-0.2, 0) is 17.1 Å². The van der Waals surface area contributed by atoms with E-state index in [1.807, 2.05) is 4.90 Å². The maximum atomic E-state index is 13.3. The van der Waals surface area contributed by atoms with Crippen LogP contribution < -0.4 is 15.8 Å². The van der Waals surface area contributed by atoms with Crippen LogP contribution in [0.4, 0.5) is 38.0 Å². The SMILES string of the molecule is C[C@H](CC[C@@H]1CCN(C2CCN(c3ncc(C(F)(F)F)cn3)CC2)C1=O)Nc1cn[nH]c(=O)c1C(F)(F)F. The molecule has 15 heteroatoms. The van der Waals surface area contributed by atoms with E-state index in [0.29, 0.717) is 51.7 Å². The average Bonchev–Trinajstić information content (AvgIpc) is 3.21. The normalized spacial score (nSPS) is 20.2. The molecule has 0 bridgehead atoms. The van der Waals surface area contributed by atoms with Gasteiger partial charge in [0.2, 0.25) is 11.9 Å². The number of hydrogen-bond acceptors (Lipinski definition) is 7. The van der Waals surface area contributed by atoms with Gasteiger partial charge in [0, 0.05) is 50.0 Å². The molecule has 2 aliphatic rings. The van der Waals surface area contributed by atoms with Crippen LogP contribution in [0.1, 0.15) is 50.2 Å². The van der Waals surface area contributed by atoms with Crippen LogP contribution in [0.15, 0.2) is 23.4 Å². The van der Waals surface area contributed by atoms with Gasteiger partial charge in [-0.1, -0.05) is 0 Å². The summed E-state index contributed by atoms with van der Waals surface area (Å²) in [6, 6.07) is -0.446. The van der Waals surface area contributed by atoms with Gasteiger partial charge in [0.25, 0.3) is 5.56 Å². The Hall–Kier alpha value is -3.39. The minimum atomic E-state index is -4.84. The van der Waals surface area contributed by atoms with Crippen molar-refractivity contribution in [1.82, 2.24) is 25.1 Å². The Bertz CT molecular complexity index is 1180. The molecule has 2 aliphatic heterocycles. The Morgan fingerprint density at radius 3 is 2.26 bits per heavy atom. The van der Waals surface area contributed by atoms with Crippen molar-refractivity contribution in [2.45, 2.75) is 63.5 Å². The van der Waals surface area contributed by atoms with E-state index in [9.17, 15) is 35.9 Å². The lowest BCUT2D eigenvalue weighted by atomic mass is 9.98. The van der Waals surface area contributed by atoms with Crippen molar-refractivity contribution in [2.24, 2.45) is 5.92 Å². The van der Waals surface area contributed by atoms with E-state index in [2.05, 4.69) is 20.4 Å². The zero-order chi connectivity index (χ0) is 27.7. The fourth-order valence-electron chi connectivity index (χ4n) is 4.98. The molecule has 0 radical (unpaired) electrons. The Balaban J connectivity index is 1.27. The van der Waals surface area contributed by atoms with Gasteiger partial charge in [0.1, 0.15) is 5.56 Å². The molecule has 2 N–H and O–H groups in total. The molecule has 0 aliphatic carbocycles. The standard InChI is InChI=1S/C23H27F6N7O2/c1-13(33-17-12-32-34-19(37)18(17)23(27,28)29)2-3-14-4-9-36(20(14)38)16-5-7-35(8-6-16)21-30-10-15(11-31-21)22(24,25)26/h10-14,16H,2-9H2,1H3,(H2,33,34,37)/t13-,14-/m1/s1. The molecule has 4 heterocycles. The van der Waals surface area contributed by atoms with Gasteiger partial charge in [-0.25, -0.2) is 15.1 Å². The summed E-state index contributed by atoms with van der Waals surface area (Å²) >= 11 is 0. The predicted octanol–water partition coefficient (Wildman–Crippen LogP) is 3.70. The molecule has 2 saturated heterocycles. The third kappa shape index (κ3) is 6.18. The highest BCUT2D eigenvalue weighted by molar-refractivity contribution is 5.81. The van der Waals surface area contributed by atoms with Gasteiger partial charge in [-0.05, 0) is 39.0 Å². The minimum absolute atomic E-state index is 0.00441. The van der Waals surface area contributed by atoms with E-state index in [-0.39, 0.29) is 23.8 Å². The van der Waals surface area contributed by atoms with Crippen LogP contribution >= 0.6 is 0 Å². The molecular weight excluding hydrogens is 520 g/mol. The number of amides is 1. The molecule has 0 saturated carbocycles. The van der Waals surface area contributed by atoms with Gasteiger partial charge in [-0.2, -0.15) is 31.4 Å². The van der Waals surface area contributed by atoms with Gasteiger partial charge in [0.15, 0.2) is 0 Å². The summed E-state index contributed by atoms with van der Waals surface area (Å²) in [6.07, 6.45) is -4.14. The maximum absolute atomic E-state index is 13.3. The lowest BCUT2D eigenvalue weighted by molar-refractivity contribution is -0.139. The van der Waals surface area contributed by atoms with Gasteiger partial charge in [-0.3, -0.25) is 9.59 Å². The van der Waals surface area contributed by atoms with Crippen molar-refractivity contribution in [2.75, 3.05) is 29.9 Å². The lowest BCUT2D eigenvalue weighted by Crippen LogP contribution is -2.46. The number of nitrogens with zero attached hydrogens (tertiary/aromatic N) is 5. The van der Waals surface area contributed by atoms with Gasteiger partial charge in [-0.15, -0.1) is 0 Å². The first-order valence-electron chi connectivity index (χ1n) is 12.2. The molecule has 0 aromatic carbocycles. The molecule has 38 heavy (non-hydrogen) atoms. The highest BCUT2D eigenvalue weighted by Gasteiger charge is 2.39. The summed E-state index contributed by atoms with van der Waals surface area (Å²) in [5, 5.41) is 7.93. The number of hydrogen-bond donors (Lipinski definition) is 2. The molecule has 208 valence electrons. The van der Waals surface area contributed by atoms with E-state index >= 15 is 0 Å². The number of halogens is 6. The number of carbonyl (C=O) groups excluding carboxylic acids is 1. The summed E-state index contributed by atoms with van der Waals surface area (Å²) < 4.78 is 78.0. The van der Waals surface area contributed by atoms with Crippen LogP contribution in [0.25, 0.3) is 0 Å². The molecule has 9 nitrogen and oxygen atoms in total. The second kappa shape index (κ2) is 10.8. The molecule has 2 aromatic rings. The van der Waals surface area contributed by atoms with Crippen LogP contribution in [0.2, 0.25) is 0 Å². The average molecular weight is 548 g/mol. The first kappa shape index (κ1) is 27.6. The Morgan fingerprint density at radius 2 is 1.66 bits per heavy atom. The zero-order valence-electron chi connectivity index (χ0n) is 20.4. The van der Waals surface area contributed by atoms with Crippen molar-refractivity contribution in [3.8, 4) is 0 Å².